The van der Waals surface area contributed by atoms with E-state index in [0.29, 0.717) is 0 Å². The van der Waals surface area contributed by atoms with Crippen molar-refractivity contribution in [2.75, 3.05) is 0 Å². The summed E-state index contributed by atoms with van der Waals surface area (Å²) in [4.78, 5) is 0. The molecule has 0 radical (unpaired) electrons. The Morgan fingerprint density at radius 3 is 0.960 bits per heavy atom. The van der Waals surface area contributed by atoms with Gasteiger partial charge in [-0.1, -0.05) is 22.0 Å². The summed E-state index contributed by atoms with van der Waals surface area (Å²) in [6.45, 7) is 0. The second-order valence-corrected chi connectivity index (χ2v) is 5.77. The maximum absolute atomic E-state index is 12.7. The lowest BCUT2D eigenvalue weighted by atomic mass is 9.91. The van der Waals surface area contributed by atoms with Gasteiger partial charge in [-0.05, 0) is 23.3 Å². The third-order valence-electron chi connectivity index (χ3n) is 2.92. The molecule has 0 saturated heterocycles. The zero-order valence-electron chi connectivity index (χ0n) is 11.3. The average molecular weight is 457 g/mol. The highest BCUT2D eigenvalue weighted by atomic mass is 79.9. The molecule has 0 saturated carbocycles. The SMILES string of the molecule is FC(F)(F)C(c1cc(Br)cc(C(C(F)(F)F)C(F)(F)F)c1)C(F)(F)F. The summed E-state index contributed by atoms with van der Waals surface area (Å²) in [5, 5.41) is 0. The molecule has 0 atom stereocenters. The van der Waals surface area contributed by atoms with E-state index < -0.39 is 52.1 Å². The van der Waals surface area contributed by atoms with E-state index in [4.69, 9.17) is 0 Å². The van der Waals surface area contributed by atoms with Crippen LogP contribution in [0.4, 0.5) is 52.7 Å². The fourth-order valence-electron chi connectivity index (χ4n) is 2.10. The Morgan fingerprint density at radius 1 is 0.520 bits per heavy atom. The number of hydrogen-bond donors (Lipinski definition) is 0. The molecule has 0 bridgehead atoms. The number of benzene rings is 1. The molecule has 0 amide bonds. The molecule has 144 valence electrons. The van der Waals surface area contributed by atoms with Crippen LogP contribution >= 0.6 is 15.9 Å². The molecule has 1 rings (SSSR count). The summed E-state index contributed by atoms with van der Waals surface area (Å²) in [6.07, 6.45) is -23.9. The number of rotatable bonds is 2. The molecule has 0 heterocycles. The van der Waals surface area contributed by atoms with Crippen LogP contribution in [0.2, 0.25) is 0 Å². The highest BCUT2D eigenvalue weighted by Crippen LogP contribution is 2.50. The normalized spacial score (nSPS) is 14.5. The lowest BCUT2D eigenvalue weighted by Gasteiger charge is -2.27. The van der Waals surface area contributed by atoms with Crippen LogP contribution in [0.5, 0.6) is 0 Å². The lowest BCUT2D eigenvalue weighted by molar-refractivity contribution is -0.253. The molecule has 0 fully saturated rings. The predicted molar refractivity (Wildman–Crippen MR) is 63.8 cm³/mol. The number of alkyl halides is 12. The van der Waals surface area contributed by atoms with E-state index in [9.17, 15) is 52.7 Å². The highest BCUT2D eigenvalue weighted by Gasteiger charge is 2.60. The second kappa shape index (κ2) is 6.54. The minimum Gasteiger partial charge on any atom is -0.170 e. The first-order valence-corrected chi connectivity index (χ1v) is 6.71. The Labute approximate surface area is 139 Å². The third-order valence-corrected chi connectivity index (χ3v) is 3.38. The van der Waals surface area contributed by atoms with Crippen molar-refractivity contribution in [3.05, 3.63) is 33.8 Å². The van der Waals surface area contributed by atoms with Crippen molar-refractivity contribution in [2.24, 2.45) is 0 Å². The fourth-order valence-corrected chi connectivity index (χ4v) is 2.62. The molecule has 1 aromatic carbocycles. The molecular weight excluding hydrogens is 452 g/mol. The standard InChI is InChI=1S/C12H5BrF12/c13-6-2-4(7(9(14,15)16)10(17,18)19)1-5(3-6)8(11(20,21)22)12(23,24)25/h1-3,7-8H. The van der Waals surface area contributed by atoms with E-state index >= 15 is 0 Å². The van der Waals surface area contributed by atoms with Crippen molar-refractivity contribution in [3.8, 4) is 0 Å². The number of halogens is 13. The van der Waals surface area contributed by atoms with Gasteiger partial charge in [-0.2, -0.15) is 52.7 Å². The predicted octanol–water partition coefficient (Wildman–Crippen LogP) is 6.87. The zero-order chi connectivity index (χ0) is 20.0. The molecule has 13 heteroatoms. The van der Waals surface area contributed by atoms with E-state index in [-0.39, 0.29) is 18.2 Å². The van der Waals surface area contributed by atoms with Gasteiger partial charge in [-0.3, -0.25) is 0 Å². The summed E-state index contributed by atoms with van der Waals surface area (Å²) in [7, 11) is 0. The first-order valence-electron chi connectivity index (χ1n) is 5.92. The summed E-state index contributed by atoms with van der Waals surface area (Å²) in [6, 6.07) is -0.0556. The van der Waals surface area contributed by atoms with E-state index in [2.05, 4.69) is 15.9 Å². The maximum atomic E-state index is 12.7. The van der Waals surface area contributed by atoms with E-state index in [1.807, 2.05) is 0 Å². The van der Waals surface area contributed by atoms with Gasteiger partial charge >= 0.3 is 24.7 Å². The lowest BCUT2D eigenvalue weighted by Crippen LogP contribution is -2.36. The Hall–Kier alpha value is -1.14. The molecule has 0 unspecified atom stereocenters. The average Bonchev–Trinajstić information content (AvgIpc) is 2.17. The van der Waals surface area contributed by atoms with Gasteiger partial charge in [0.15, 0.2) is 11.8 Å². The van der Waals surface area contributed by atoms with Crippen LogP contribution in [0, 0.1) is 0 Å². The maximum Gasteiger partial charge on any atom is 0.404 e. The summed E-state index contributed by atoms with van der Waals surface area (Å²) >= 11 is 2.35. The van der Waals surface area contributed by atoms with Crippen molar-refractivity contribution >= 4 is 15.9 Å². The highest BCUT2D eigenvalue weighted by molar-refractivity contribution is 9.10. The third kappa shape index (κ3) is 5.42. The Kier molecular flexibility index (Phi) is 5.73. The molecule has 25 heavy (non-hydrogen) atoms. The van der Waals surface area contributed by atoms with E-state index in [1.54, 1.807) is 0 Å². The van der Waals surface area contributed by atoms with Crippen LogP contribution in [0.3, 0.4) is 0 Å². The Morgan fingerprint density at radius 2 is 0.760 bits per heavy atom. The molecule has 0 N–H and O–H groups in total. The van der Waals surface area contributed by atoms with E-state index in [0.717, 1.165) is 0 Å². The van der Waals surface area contributed by atoms with Gasteiger partial charge in [-0.25, -0.2) is 0 Å². The van der Waals surface area contributed by atoms with E-state index in [1.165, 1.54) is 0 Å². The van der Waals surface area contributed by atoms with Gasteiger partial charge in [0.05, 0.1) is 0 Å². The Balaban J connectivity index is 3.64. The topological polar surface area (TPSA) is 0 Å². The molecule has 0 spiro atoms. The molecule has 1 aromatic rings. The van der Waals surface area contributed by atoms with Gasteiger partial charge in [0.2, 0.25) is 0 Å². The molecule has 0 aromatic heterocycles. The van der Waals surface area contributed by atoms with Crippen molar-refractivity contribution in [1.29, 1.82) is 0 Å². The van der Waals surface area contributed by atoms with Crippen molar-refractivity contribution in [1.82, 2.24) is 0 Å². The smallest absolute Gasteiger partial charge is 0.170 e. The van der Waals surface area contributed by atoms with Crippen LogP contribution in [0.25, 0.3) is 0 Å². The van der Waals surface area contributed by atoms with Crippen LogP contribution in [-0.4, -0.2) is 24.7 Å². The zero-order valence-corrected chi connectivity index (χ0v) is 12.9. The summed E-state index contributed by atoms with van der Waals surface area (Å²) in [5.41, 5.74) is -3.58. The molecule has 0 aliphatic heterocycles. The molecular formula is C12H5BrF12. The largest absolute Gasteiger partial charge is 0.404 e. The van der Waals surface area contributed by atoms with Crippen molar-refractivity contribution in [2.45, 2.75) is 36.5 Å². The monoisotopic (exact) mass is 456 g/mol. The van der Waals surface area contributed by atoms with Crippen molar-refractivity contribution in [3.63, 3.8) is 0 Å². The summed E-state index contributed by atoms with van der Waals surface area (Å²) < 4.78 is 151. The molecule has 0 aliphatic carbocycles. The molecule has 0 nitrogen and oxygen atoms in total. The first-order chi connectivity index (χ1) is 10.8. The van der Waals surface area contributed by atoms with Crippen LogP contribution in [0.15, 0.2) is 22.7 Å². The van der Waals surface area contributed by atoms with Crippen molar-refractivity contribution < 1.29 is 52.7 Å². The van der Waals surface area contributed by atoms with Gasteiger partial charge in [0, 0.05) is 4.47 Å². The minimum absolute atomic E-state index is 0.166. The summed E-state index contributed by atoms with van der Waals surface area (Å²) in [5.74, 6) is -8.48. The first kappa shape index (κ1) is 21.9. The van der Waals surface area contributed by atoms with Crippen LogP contribution < -0.4 is 0 Å². The van der Waals surface area contributed by atoms with Crippen LogP contribution in [-0.2, 0) is 0 Å². The van der Waals surface area contributed by atoms with Crippen LogP contribution in [0.1, 0.15) is 23.0 Å². The quantitative estimate of drug-likeness (QED) is 0.426. The second-order valence-electron chi connectivity index (χ2n) is 4.85. The van der Waals surface area contributed by atoms with Gasteiger partial charge in [0.25, 0.3) is 0 Å². The van der Waals surface area contributed by atoms with Gasteiger partial charge in [0.1, 0.15) is 0 Å². The number of hydrogen-bond acceptors (Lipinski definition) is 0. The molecule has 0 aliphatic rings. The minimum atomic E-state index is -5.97. The van der Waals surface area contributed by atoms with Gasteiger partial charge in [-0.15, -0.1) is 0 Å². The fraction of sp³-hybridized carbons (Fsp3) is 0.500. The van der Waals surface area contributed by atoms with Gasteiger partial charge < -0.3 is 0 Å². The Bertz CT molecular complexity index is 528.